The van der Waals surface area contributed by atoms with E-state index < -0.39 is 0 Å². The molecule has 4 rings (SSSR count). The predicted molar refractivity (Wildman–Crippen MR) is 81.1 cm³/mol. The van der Waals surface area contributed by atoms with Crippen molar-refractivity contribution in [2.75, 3.05) is 32.2 Å². The number of fused-ring (bicyclic) bond motifs is 5. The van der Waals surface area contributed by atoms with Crippen LogP contribution in [0.25, 0.3) is 21.8 Å². The smallest absolute Gasteiger partial charge is 0.166 e. The molecule has 0 bridgehead atoms. The van der Waals surface area contributed by atoms with Crippen molar-refractivity contribution in [3.05, 3.63) is 30.3 Å². The first-order valence-corrected chi connectivity index (χ1v) is 6.74. The zero-order valence-corrected chi connectivity index (χ0v) is 11.6. The van der Waals surface area contributed by atoms with Crippen molar-refractivity contribution < 1.29 is 9.47 Å². The number of nitrogens with zero attached hydrogens (tertiary/aromatic N) is 1. The number of anilines is 1. The first-order chi connectivity index (χ1) is 9.78. The summed E-state index contributed by atoms with van der Waals surface area (Å²) in [6.07, 6.45) is 0. The quantitative estimate of drug-likeness (QED) is 0.736. The van der Waals surface area contributed by atoms with E-state index in [1.54, 1.807) is 7.11 Å². The molecular formula is C16H16N2O2. The molecule has 1 aliphatic rings. The van der Waals surface area contributed by atoms with E-state index >= 15 is 0 Å². The standard InChI is InChI=1S/C16H16N2O2/c1-18-7-8-20-16-14(18)6-4-11-12-9-10(19-2)3-5-13(12)17-15(11)16/h3-6,9,17H,7-8H2,1-2H3. The number of H-pyrrole nitrogens is 1. The van der Waals surface area contributed by atoms with Crippen molar-refractivity contribution in [2.45, 2.75) is 0 Å². The number of benzene rings is 2. The molecule has 0 amide bonds. The van der Waals surface area contributed by atoms with E-state index in [2.05, 4.69) is 35.1 Å². The zero-order valence-electron chi connectivity index (χ0n) is 11.6. The third-order valence-corrected chi connectivity index (χ3v) is 4.00. The highest BCUT2D eigenvalue weighted by molar-refractivity contribution is 6.11. The summed E-state index contributed by atoms with van der Waals surface area (Å²) >= 11 is 0. The number of aromatic amines is 1. The highest BCUT2D eigenvalue weighted by Gasteiger charge is 2.19. The Bertz CT molecular complexity index is 807. The maximum absolute atomic E-state index is 5.89. The Kier molecular flexibility index (Phi) is 2.33. The van der Waals surface area contributed by atoms with E-state index in [4.69, 9.17) is 9.47 Å². The number of hydrogen-bond donors (Lipinski definition) is 1. The van der Waals surface area contributed by atoms with Crippen LogP contribution in [0, 0.1) is 0 Å². The third-order valence-electron chi connectivity index (χ3n) is 4.00. The van der Waals surface area contributed by atoms with E-state index in [-0.39, 0.29) is 0 Å². The van der Waals surface area contributed by atoms with E-state index in [1.165, 1.54) is 10.8 Å². The predicted octanol–water partition coefficient (Wildman–Crippen LogP) is 3.16. The van der Waals surface area contributed by atoms with Gasteiger partial charge in [-0.25, -0.2) is 0 Å². The number of likely N-dealkylation sites (N-methyl/N-ethyl adjacent to an activating group) is 1. The normalized spacial score (nSPS) is 14.4. The van der Waals surface area contributed by atoms with Gasteiger partial charge in [0.15, 0.2) is 5.75 Å². The summed E-state index contributed by atoms with van der Waals surface area (Å²) in [5.41, 5.74) is 3.31. The van der Waals surface area contributed by atoms with Crippen LogP contribution < -0.4 is 14.4 Å². The fraction of sp³-hybridized carbons (Fsp3) is 0.250. The number of aromatic nitrogens is 1. The maximum atomic E-state index is 5.89. The monoisotopic (exact) mass is 268 g/mol. The summed E-state index contributed by atoms with van der Waals surface area (Å²) in [6, 6.07) is 10.4. The van der Waals surface area contributed by atoms with E-state index in [0.717, 1.165) is 41.4 Å². The summed E-state index contributed by atoms with van der Waals surface area (Å²) in [7, 11) is 3.79. The van der Waals surface area contributed by atoms with Gasteiger partial charge in [0.25, 0.3) is 0 Å². The van der Waals surface area contributed by atoms with Crippen LogP contribution in [0.3, 0.4) is 0 Å². The summed E-state index contributed by atoms with van der Waals surface area (Å²) < 4.78 is 11.2. The molecular weight excluding hydrogens is 252 g/mol. The average molecular weight is 268 g/mol. The number of hydrogen-bond acceptors (Lipinski definition) is 3. The Morgan fingerprint density at radius 3 is 2.95 bits per heavy atom. The van der Waals surface area contributed by atoms with Crippen LogP contribution in [0.4, 0.5) is 5.69 Å². The van der Waals surface area contributed by atoms with Crippen LogP contribution in [0.1, 0.15) is 0 Å². The molecule has 0 saturated heterocycles. The number of nitrogens with one attached hydrogen (secondary N) is 1. The van der Waals surface area contributed by atoms with Crippen molar-refractivity contribution >= 4 is 27.5 Å². The van der Waals surface area contributed by atoms with Crippen molar-refractivity contribution in [3.63, 3.8) is 0 Å². The summed E-state index contributed by atoms with van der Waals surface area (Å²) in [4.78, 5) is 5.70. The molecule has 1 aromatic heterocycles. The van der Waals surface area contributed by atoms with Crippen LogP contribution in [0.15, 0.2) is 30.3 Å². The molecule has 0 atom stereocenters. The van der Waals surface area contributed by atoms with Crippen LogP contribution in [0.2, 0.25) is 0 Å². The third kappa shape index (κ3) is 1.48. The van der Waals surface area contributed by atoms with Crippen LogP contribution in [-0.4, -0.2) is 32.3 Å². The lowest BCUT2D eigenvalue weighted by atomic mass is 10.1. The van der Waals surface area contributed by atoms with Crippen molar-refractivity contribution in [3.8, 4) is 11.5 Å². The average Bonchev–Trinajstić information content (AvgIpc) is 2.85. The van der Waals surface area contributed by atoms with Crippen LogP contribution in [0.5, 0.6) is 11.5 Å². The van der Waals surface area contributed by atoms with E-state index in [0.29, 0.717) is 0 Å². The van der Waals surface area contributed by atoms with E-state index in [1.807, 2.05) is 12.1 Å². The minimum absolute atomic E-state index is 0.724. The van der Waals surface area contributed by atoms with Gasteiger partial charge in [0.1, 0.15) is 12.4 Å². The molecule has 0 saturated carbocycles. The summed E-state index contributed by atoms with van der Waals surface area (Å²) in [5.74, 6) is 1.82. The molecule has 4 heteroatoms. The Labute approximate surface area is 116 Å². The molecule has 3 aromatic rings. The molecule has 20 heavy (non-hydrogen) atoms. The van der Waals surface area contributed by atoms with Gasteiger partial charge >= 0.3 is 0 Å². The van der Waals surface area contributed by atoms with Crippen molar-refractivity contribution in [2.24, 2.45) is 0 Å². The summed E-state index contributed by atoms with van der Waals surface area (Å²) in [6.45, 7) is 1.65. The maximum Gasteiger partial charge on any atom is 0.166 e. The van der Waals surface area contributed by atoms with Crippen LogP contribution in [-0.2, 0) is 0 Å². The van der Waals surface area contributed by atoms with Crippen molar-refractivity contribution in [1.82, 2.24) is 4.98 Å². The molecule has 1 aliphatic heterocycles. The number of ether oxygens (including phenoxy) is 2. The van der Waals surface area contributed by atoms with Crippen molar-refractivity contribution in [1.29, 1.82) is 0 Å². The molecule has 2 aromatic carbocycles. The molecule has 0 unspecified atom stereocenters. The molecule has 2 heterocycles. The highest BCUT2D eigenvalue weighted by Crippen LogP contribution is 2.40. The molecule has 0 fully saturated rings. The second-order valence-corrected chi connectivity index (χ2v) is 5.14. The Balaban J connectivity index is 2.06. The number of methoxy groups -OCH3 is 1. The first-order valence-electron chi connectivity index (χ1n) is 6.74. The minimum Gasteiger partial charge on any atom is -0.497 e. The largest absolute Gasteiger partial charge is 0.497 e. The number of rotatable bonds is 1. The fourth-order valence-corrected chi connectivity index (χ4v) is 2.89. The van der Waals surface area contributed by atoms with Gasteiger partial charge < -0.3 is 19.4 Å². The Hall–Kier alpha value is -2.36. The SMILES string of the molecule is COc1ccc2[nH]c3c4c(ccc3c2c1)N(C)CCO4. The van der Waals surface area contributed by atoms with Gasteiger partial charge in [0.05, 0.1) is 24.9 Å². The van der Waals surface area contributed by atoms with Gasteiger partial charge in [0.2, 0.25) is 0 Å². The minimum atomic E-state index is 0.724. The second-order valence-electron chi connectivity index (χ2n) is 5.14. The van der Waals surface area contributed by atoms with Gasteiger partial charge in [-0.15, -0.1) is 0 Å². The Morgan fingerprint density at radius 1 is 1.20 bits per heavy atom. The van der Waals surface area contributed by atoms with Crippen LogP contribution >= 0.6 is 0 Å². The second kappa shape index (κ2) is 4.07. The lowest BCUT2D eigenvalue weighted by molar-refractivity contribution is 0.314. The summed E-state index contributed by atoms with van der Waals surface area (Å²) in [5, 5.41) is 2.34. The highest BCUT2D eigenvalue weighted by atomic mass is 16.5. The van der Waals surface area contributed by atoms with Gasteiger partial charge in [-0.1, -0.05) is 0 Å². The van der Waals surface area contributed by atoms with E-state index in [9.17, 15) is 0 Å². The fourth-order valence-electron chi connectivity index (χ4n) is 2.89. The molecule has 102 valence electrons. The first kappa shape index (κ1) is 11.5. The van der Waals surface area contributed by atoms with Gasteiger partial charge in [0, 0.05) is 23.3 Å². The van der Waals surface area contributed by atoms with Gasteiger partial charge in [-0.2, -0.15) is 0 Å². The van der Waals surface area contributed by atoms with Gasteiger partial charge in [-0.3, -0.25) is 0 Å². The molecule has 0 spiro atoms. The molecule has 1 N–H and O–H groups in total. The lowest BCUT2D eigenvalue weighted by Crippen LogP contribution is -2.28. The molecule has 0 radical (unpaired) electrons. The topological polar surface area (TPSA) is 37.5 Å². The molecule has 0 aliphatic carbocycles. The zero-order chi connectivity index (χ0) is 13.7. The Morgan fingerprint density at radius 2 is 2.10 bits per heavy atom. The lowest BCUT2D eigenvalue weighted by Gasteiger charge is -2.27. The van der Waals surface area contributed by atoms with Gasteiger partial charge in [-0.05, 0) is 30.3 Å². The molecule has 4 nitrogen and oxygen atoms in total.